The zero-order valence-electron chi connectivity index (χ0n) is 16.3. The third-order valence-corrected chi connectivity index (χ3v) is 5.65. The zero-order valence-corrected chi connectivity index (χ0v) is 16.3. The van der Waals surface area contributed by atoms with Crippen LogP contribution in [0.2, 0.25) is 0 Å². The van der Waals surface area contributed by atoms with Crippen molar-refractivity contribution >= 4 is 29.6 Å². The summed E-state index contributed by atoms with van der Waals surface area (Å²) in [6.45, 7) is 2.61. The fourth-order valence-electron chi connectivity index (χ4n) is 4.20. The third kappa shape index (κ3) is 3.02. The Morgan fingerprint density at radius 3 is 2.73 bits per heavy atom. The van der Waals surface area contributed by atoms with Gasteiger partial charge in [-0.05, 0) is 41.8 Å². The molecule has 1 aromatic carbocycles. The number of amides is 3. The Morgan fingerprint density at radius 1 is 1.20 bits per heavy atom. The van der Waals surface area contributed by atoms with Crippen molar-refractivity contribution in [3.05, 3.63) is 42.1 Å². The van der Waals surface area contributed by atoms with E-state index in [0.29, 0.717) is 31.9 Å². The molecule has 154 valence electrons. The summed E-state index contributed by atoms with van der Waals surface area (Å²) >= 11 is 0. The molecular formula is C21H20N4O5. The number of nitrogens with zero attached hydrogens (tertiary/aromatic N) is 3. The summed E-state index contributed by atoms with van der Waals surface area (Å²) in [6.07, 6.45) is 1.24. The highest BCUT2D eigenvalue weighted by Crippen LogP contribution is 2.40. The number of fused-ring (bicyclic) bond motifs is 3. The molecule has 2 aromatic rings. The summed E-state index contributed by atoms with van der Waals surface area (Å²) in [4.78, 5) is 42.8. The minimum atomic E-state index is -0.384. The van der Waals surface area contributed by atoms with Gasteiger partial charge in [0.25, 0.3) is 0 Å². The van der Waals surface area contributed by atoms with Gasteiger partial charge in [-0.25, -0.2) is 14.6 Å². The van der Waals surface area contributed by atoms with Gasteiger partial charge in [-0.1, -0.05) is 6.07 Å². The van der Waals surface area contributed by atoms with Crippen LogP contribution in [0, 0.1) is 0 Å². The highest BCUT2D eigenvalue weighted by atomic mass is 16.6. The van der Waals surface area contributed by atoms with Crippen molar-refractivity contribution in [2.24, 2.45) is 0 Å². The monoisotopic (exact) mass is 408 g/mol. The first-order valence-electron chi connectivity index (χ1n) is 9.79. The van der Waals surface area contributed by atoms with Gasteiger partial charge >= 0.3 is 12.2 Å². The molecule has 0 saturated carbocycles. The van der Waals surface area contributed by atoms with Crippen LogP contribution in [0.1, 0.15) is 12.5 Å². The van der Waals surface area contributed by atoms with E-state index in [2.05, 4.69) is 16.4 Å². The van der Waals surface area contributed by atoms with Gasteiger partial charge in [0.15, 0.2) is 0 Å². The number of anilines is 2. The SMILES string of the molecule is CC(=O)NCC1OC(=O)N2c3ccc(-c4ccc(N5CCOC5=O)nc4)cc3C[C@@H]12. The first-order chi connectivity index (χ1) is 14.5. The Kier molecular flexibility index (Phi) is 4.30. The second-order valence-corrected chi connectivity index (χ2v) is 7.52. The quantitative estimate of drug-likeness (QED) is 0.831. The van der Waals surface area contributed by atoms with Crippen LogP contribution in [0.4, 0.5) is 21.1 Å². The van der Waals surface area contributed by atoms with Crippen molar-refractivity contribution in [2.45, 2.75) is 25.5 Å². The maximum atomic E-state index is 12.4. The number of ether oxygens (including phenoxy) is 2. The number of nitrogens with one attached hydrogen (secondary N) is 1. The Hall–Kier alpha value is -3.62. The third-order valence-electron chi connectivity index (χ3n) is 5.65. The largest absolute Gasteiger partial charge is 0.447 e. The minimum absolute atomic E-state index is 0.128. The number of rotatable bonds is 4. The summed E-state index contributed by atoms with van der Waals surface area (Å²) in [5.41, 5.74) is 3.78. The lowest BCUT2D eigenvalue weighted by Gasteiger charge is -2.16. The topological polar surface area (TPSA) is 101 Å². The highest BCUT2D eigenvalue weighted by Gasteiger charge is 2.47. The van der Waals surface area contributed by atoms with E-state index in [1.165, 1.54) is 11.8 Å². The lowest BCUT2D eigenvalue weighted by Crippen LogP contribution is -2.40. The fraction of sp³-hybridized carbons (Fsp3) is 0.333. The molecule has 1 aromatic heterocycles. The summed E-state index contributed by atoms with van der Waals surface area (Å²) in [5, 5.41) is 2.73. The van der Waals surface area contributed by atoms with E-state index in [1.54, 1.807) is 17.2 Å². The molecule has 2 saturated heterocycles. The van der Waals surface area contributed by atoms with E-state index >= 15 is 0 Å². The highest BCUT2D eigenvalue weighted by molar-refractivity contribution is 5.94. The Balaban J connectivity index is 1.37. The van der Waals surface area contributed by atoms with Crippen LogP contribution in [0.3, 0.4) is 0 Å². The van der Waals surface area contributed by atoms with Gasteiger partial charge < -0.3 is 14.8 Å². The maximum Gasteiger partial charge on any atom is 0.415 e. The molecular weight excluding hydrogens is 388 g/mol. The predicted molar refractivity (Wildman–Crippen MR) is 107 cm³/mol. The van der Waals surface area contributed by atoms with Crippen LogP contribution in [0.5, 0.6) is 0 Å². The standard InChI is InChI=1S/C21H20N4O5/c1-12(26)22-11-18-17-9-15-8-13(2-4-16(15)25(17)21(28)30-18)14-3-5-19(23-10-14)24-6-7-29-20(24)27/h2-5,8,10,17-18H,6-7,9,11H2,1H3,(H,22,26)/t17-,18?/m0/s1. The molecule has 1 unspecified atom stereocenters. The summed E-state index contributed by atoms with van der Waals surface area (Å²) in [5.74, 6) is 0.409. The van der Waals surface area contributed by atoms with Gasteiger partial charge in [-0.2, -0.15) is 0 Å². The van der Waals surface area contributed by atoms with Crippen molar-refractivity contribution in [2.75, 3.05) is 29.5 Å². The number of benzene rings is 1. The normalized spacial score (nSPS) is 21.9. The molecule has 4 heterocycles. The molecule has 2 fully saturated rings. The molecule has 0 bridgehead atoms. The smallest absolute Gasteiger partial charge is 0.415 e. The van der Waals surface area contributed by atoms with Gasteiger partial charge in [0.05, 0.1) is 24.8 Å². The van der Waals surface area contributed by atoms with Crippen LogP contribution in [0.25, 0.3) is 11.1 Å². The summed E-state index contributed by atoms with van der Waals surface area (Å²) in [7, 11) is 0. The molecule has 1 N–H and O–H groups in total. The molecule has 3 aliphatic heterocycles. The van der Waals surface area contributed by atoms with Gasteiger partial charge in [0.1, 0.15) is 18.5 Å². The predicted octanol–water partition coefficient (Wildman–Crippen LogP) is 2.09. The summed E-state index contributed by atoms with van der Waals surface area (Å²) in [6, 6.07) is 9.50. The van der Waals surface area contributed by atoms with Gasteiger partial charge in [0.2, 0.25) is 5.91 Å². The number of hydrogen-bond donors (Lipinski definition) is 1. The van der Waals surface area contributed by atoms with E-state index in [9.17, 15) is 14.4 Å². The molecule has 3 aliphatic rings. The van der Waals surface area contributed by atoms with Crippen molar-refractivity contribution in [1.82, 2.24) is 10.3 Å². The Labute approximate surface area is 172 Å². The lowest BCUT2D eigenvalue weighted by molar-refractivity contribution is -0.119. The van der Waals surface area contributed by atoms with E-state index < -0.39 is 0 Å². The summed E-state index contributed by atoms with van der Waals surface area (Å²) < 4.78 is 10.4. The molecule has 9 heteroatoms. The van der Waals surface area contributed by atoms with Crippen LogP contribution in [0.15, 0.2) is 36.5 Å². The van der Waals surface area contributed by atoms with E-state index in [1.807, 2.05) is 18.2 Å². The zero-order chi connectivity index (χ0) is 20.8. The van der Waals surface area contributed by atoms with Crippen LogP contribution in [-0.4, -0.2) is 54.9 Å². The number of hydrogen-bond acceptors (Lipinski definition) is 6. The number of aromatic nitrogens is 1. The fourth-order valence-corrected chi connectivity index (χ4v) is 4.20. The average molecular weight is 408 g/mol. The molecule has 2 atom stereocenters. The van der Waals surface area contributed by atoms with E-state index in [0.717, 1.165) is 22.4 Å². The number of cyclic esters (lactones) is 2. The number of carbonyl (C=O) groups is 3. The lowest BCUT2D eigenvalue weighted by atomic mass is 10.0. The molecule has 5 rings (SSSR count). The number of pyridine rings is 1. The van der Waals surface area contributed by atoms with Gasteiger partial charge in [-0.15, -0.1) is 0 Å². The van der Waals surface area contributed by atoms with Crippen LogP contribution >= 0.6 is 0 Å². The van der Waals surface area contributed by atoms with Gasteiger partial charge in [-0.3, -0.25) is 14.6 Å². The molecule has 30 heavy (non-hydrogen) atoms. The molecule has 0 aliphatic carbocycles. The second-order valence-electron chi connectivity index (χ2n) is 7.52. The van der Waals surface area contributed by atoms with E-state index in [4.69, 9.17) is 9.47 Å². The Morgan fingerprint density at radius 2 is 2.03 bits per heavy atom. The average Bonchev–Trinajstić information content (AvgIpc) is 3.41. The maximum absolute atomic E-state index is 12.4. The molecule has 0 radical (unpaired) electrons. The van der Waals surface area contributed by atoms with Crippen molar-refractivity contribution in [3.8, 4) is 11.1 Å². The molecule has 0 spiro atoms. The second kappa shape index (κ2) is 7.01. The van der Waals surface area contributed by atoms with Gasteiger partial charge in [0, 0.05) is 18.7 Å². The molecule has 3 amide bonds. The van der Waals surface area contributed by atoms with Crippen molar-refractivity contribution in [1.29, 1.82) is 0 Å². The minimum Gasteiger partial charge on any atom is -0.447 e. The van der Waals surface area contributed by atoms with Crippen molar-refractivity contribution < 1.29 is 23.9 Å². The van der Waals surface area contributed by atoms with E-state index in [-0.39, 0.29) is 30.2 Å². The van der Waals surface area contributed by atoms with Crippen molar-refractivity contribution in [3.63, 3.8) is 0 Å². The first-order valence-corrected chi connectivity index (χ1v) is 9.79. The first kappa shape index (κ1) is 18.4. The van der Waals surface area contributed by atoms with Crippen LogP contribution < -0.4 is 15.1 Å². The van der Waals surface area contributed by atoms with Crippen LogP contribution in [-0.2, 0) is 20.7 Å². The Bertz CT molecular complexity index is 1040. The number of carbonyl (C=O) groups excluding carboxylic acids is 3. The molecule has 9 nitrogen and oxygen atoms in total.